The smallest absolute Gasteiger partial charge is 0.264 e. The molecule has 8 heteroatoms. The van der Waals surface area contributed by atoms with Crippen LogP contribution >= 0.6 is 23.1 Å². The number of benzene rings is 1. The Kier molecular flexibility index (Phi) is 4.67. The average Bonchev–Trinajstić information content (AvgIpc) is 3.31. The molecule has 3 aromatic rings. The SMILES string of the molecule is Cc1cc(/C=C2\S/C(=N/c3nccs3)NC2=O)c(C)n1-c1cccc(F)c1. The first-order valence-electron chi connectivity index (χ1n) is 8.15. The Hall–Kier alpha value is -2.71. The molecule has 0 bridgehead atoms. The van der Waals surface area contributed by atoms with Crippen LogP contribution in [-0.4, -0.2) is 20.6 Å². The molecule has 0 spiro atoms. The Labute approximate surface area is 163 Å². The number of amides is 1. The lowest BCUT2D eigenvalue weighted by molar-refractivity contribution is -0.115. The minimum atomic E-state index is -0.284. The lowest BCUT2D eigenvalue weighted by Crippen LogP contribution is -2.19. The molecule has 136 valence electrons. The molecule has 27 heavy (non-hydrogen) atoms. The second-order valence-corrected chi connectivity index (χ2v) is 7.84. The molecule has 1 saturated heterocycles. The van der Waals surface area contributed by atoms with E-state index in [4.69, 9.17) is 0 Å². The number of carbonyl (C=O) groups is 1. The third-order valence-electron chi connectivity index (χ3n) is 4.09. The maximum Gasteiger partial charge on any atom is 0.264 e. The van der Waals surface area contributed by atoms with E-state index in [-0.39, 0.29) is 11.7 Å². The number of amidine groups is 1. The molecule has 1 aromatic carbocycles. The van der Waals surface area contributed by atoms with Crippen molar-refractivity contribution < 1.29 is 9.18 Å². The van der Waals surface area contributed by atoms with Gasteiger partial charge in [0.1, 0.15) is 5.82 Å². The number of aliphatic imine (C=N–C) groups is 1. The number of hydrogen-bond acceptors (Lipinski definition) is 5. The van der Waals surface area contributed by atoms with Crippen molar-refractivity contribution in [2.24, 2.45) is 4.99 Å². The first-order chi connectivity index (χ1) is 13.0. The fourth-order valence-electron chi connectivity index (χ4n) is 2.93. The minimum absolute atomic E-state index is 0.189. The van der Waals surface area contributed by atoms with Crippen molar-refractivity contribution in [1.29, 1.82) is 0 Å². The van der Waals surface area contributed by atoms with Gasteiger partial charge in [0.25, 0.3) is 5.91 Å². The molecular weight excluding hydrogens is 383 g/mol. The largest absolute Gasteiger partial charge is 0.318 e. The van der Waals surface area contributed by atoms with E-state index in [9.17, 15) is 9.18 Å². The quantitative estimate of drug-likeness (QED) is 0.657. The van der Waals surface area contributed by atoms with E-state index >= 15 is 0 Å². The van der Waals surface area contributed by atoms with E-state index in [0.717, 1.165) is 22.6 Å². The zero-order chi connectivity index (χ0) is 19.0. The first kappa shape index (κ1) is 17.7. The number of nitrogens with zero attached hydrogens (tertiary/aromatic N) is 3. The summed E-state index contributed by atoms with van der Waals surface area (Å²) in [5, 5.41) is 5.71. The number of rotatable bonds is 3. The van der Waals surface area contributed by atoms with Gasteiger partial charge in [0, 0.05) is 28.7 Å². The molecule has 4 rings (SSSR count). The second-order valence-electron chi connectivity index (χ2n) is 5.94. The van der Waals surface area contributed by atoms with E-state index in [1.165, 1.54) is 35.2 Å². The summed E-state index contributed by atoms with van der Waals surface area (Å²) in [4.78, 5) is 21.3. The van der Waals surface area contributed by atoms with E-state index in [0.29, 0.717) is 15.2 Å². The summed E-state index contributed by atoms with van der Waals surface area (Å²) in [6.45, 7) is 3.91. The number of thioether (sulfide) groups is 1. The van der Waals surface area contributed by atoms with Crippen molar-refractivity contribution in [2.75, 3.05) is 0 Å². The van der Waals surface area contributed by atoms with Crippen LogP contribution in [0.1, 0.15) is 17.0 Å². The second kappa shape index (κ2) is 7.13. The van der Waals surface area contributed by atoms with Gasteiger partial charge in [0.15, 0.2) is 5.17 Å². The number of thiazole rings is 1. The summed E-state index contributed by atoms with van der Waals surface area (Å²) in [6.07, 6.45) is 3.51. The van der Waals surface area contributed by atoms with Crippen LogP contribution in [0.25, 0.3) is 11.8 Å². The molecule has 1 aliphatic rings. The van der Waals surface area contributed by atoms with E-state index in [1.54, 1.807) is 12.3 Å². The fraction of sp³-hybridized carbons (Fsp3) is 0.105. The van der Waals surface area contributed by atoms with Gasteiger partial charge >= 0.3 is 0 Å². The fourth-order valence-corrected chi connectivity index (χ4v) is 4.31. The standard InChI is InChI=1S/C19H15FN4OS2/c1-11-8-13(12(2)24(11)15-5-3-4-14(20)10-15)9-16-17(25)22-19(27-16)23-18-21-6-7-26-18/h3-10H,1-2H3,(H,21,22,23,25)/b16-9-. The van der Waals surface area contributed by atoms with Gasteiger partial charge < -0.3 is 9.88 Å². The summed E-state index contributed by atoms with van der Waals surface area (Å²) in [5.41, 5.74) is 3.56. The van der Waals surface area contributed by atoms with Gasteiger partial charge in [-0.2, -0.15) is 4.99 Å². The lowest BCUT2D eigenvalue weighted by Gasteiger charge is -2.09. The minimum Gasteiger partial charge on any atom is -0.318 e. The van der Waals surface area contributed by atoms with Gasteiger partial charge in [-0.25, -0.2) is 9.37 Å². The number of carbonyl (C=O) groups excluding carboxylic acids is 1. The predicted molar refractivity (Wildman–Crippen MR) is 108 cm³/mol. The van der Waals surface area contributed by atoms with Crippen molar-refractivity contribution in [3.63, 3.8) is 0 Å². The van der Waals surface area contributed by atoms with E-state index < -0.39 is 0 Å². The van der Waals surface area contributed by atoms with E-state index in [1.807, 2.05) is 42.0 Å². The number of aryl methyl sites for hydroxylation is 1. The van der Waals surface area contributed by atoms with Crippen LogP contribution in [0.3, 0.4) is 0 Å². The summed E-state index contributed by atoms with van der Waals surface area (Å²) < 4.78 is 15.6. The Morgan fingerprint density at radius 3 is 2.89 bits per heavy atom. The molecule has 1 aliphatic heterocycles. The number of halogens is 1. The molecule has 0 atom stereocenters. The van der Waals surface area contributed by atoms with Gasteiger partial charge in [0.2, 0.25) is 5.13 Å². The van der Waals surface area contributed by atoms with Crippen molar-refractivity contribution >= 4 is 45.4 Å². The Morgan fingerprint density at radius 2 is 2.15 bits per heavy atom. The van der Waals surface area contributed by atoms with Gasteiger partial charge in [0.05, 0.1) is 4.91 Å². The molecule has 1 N–H and O–H groups in total. The Balaban J connectivity index is 1.67. The number of nitrogens with one attached hydrogen (secondary N) is 1. The highest BCUT2D eigenvalue weighted by Gasteiger charge is 2.25. The van der Waals surface area contributed by atoms with Crippen molar-refractivity contribution in [1.82, 2.24) is 14.9 Å². The molecule has 1 fully saturated rings. The van der Waals surface area contributed by atoms with Gasteiger partial charge in [-0.05, 0) is 61.5 Å². The molecular formula is C19H15FN4OS2. The maximum absolute atomic E-state index is 13.6. The third-order valence-corrected chi connectivity index (χ3v) is 5.67. The van der Waals surface area contributed by atoms with Crippen LogP contribution in [0, 0.1) is 19.7 Å². The topological polar surface area (TPSA) is 59.3 Å². The van der Waals surface area contributed by atoms with Crippen LogP contribution in [-0.2, 0) is 4.79 Å². The highest BCUT2D eigenvalue weighted by Crippen LogP contribution is 2.30. The summed E-state index contributed by atoms with van der Waals surface area (Å²) in [6, 6.07) is 8.44. The van der Waals surface area contributed by atoms with E-state index in [2.05, 4.69) is 15.3 Å². The van der Waals surface area contributed by atoms with Crippen molar-refractivity contribution in [3.05, 3.63) is 69.6 Å². The molecule has 5 nitrogen and oxygen atoms in total. The molecule has 0 aliphatic carbocycles. The number of hydrogen-bond donors (Lipinski definition) is 1. The van der Waals surface area contributed by atoms with Gasteiger partial charge in [-0.3, -0.25) is 4.79 Å². The highest BCUT2D eigenvalue weighted by molar-refractivity contribution is 8.18. The molecule has 3 heterocycles. The van der Waals surface area contributed by atoms with Crippen molar-refractivity contribution in [2.45, 2.75) is 13.8 Å². The predicted octanol–water partition coefficient (Wildman–Crippen LogP) is 4.58. The molecule has 0 saturated carbocycles. The highest BCUT2D eigenvalue weighted by atomic mass is 32.2. The molecule has 0 unspecified atom stereocenters. The molecule has 0 radical (unpaired) electrons. The first-order valence-corrected chi connectivity index (χ1v) is 9.85. The van der Waals surface area contributed by atoms with Gasteiger partial charge in [-0.1, -0.05) is 6.07 Å². The maximum atomic E-state index is 13.6. The number of aromatic nitrogens is 2. The zero-order valence-corrected chi connectivity index (χ0v) is 16.2. The molecule has 2 aromatic heterocycles. The summed E-state index contributed by atoms with van der Waals surface area (Å²) >= 11 is 2.69. The monoisotopic (exact) mass is 398 g/mol. The lowest BCUT2D eigenvalue weighted by atomic mass is 10.2. The Morgan fingerprint density at radius 1 is 1.30 bits per heavy atom. The summed E-state index contributed by atoms with van der Waals surface area (Å²) in [5.74, 6) is -0.473. The third kappa shape index (κ3) is 3.58. The van der Waals surface area contributed by atoms with Crippen LogP contribution in [0.15, 0.2) is 51.8 Å². The molecule has 1 amide bonds. The summed E-state index contributed by atoms with van der Waals surface area (Å²) in [7, 11) is 0. The average molecular weight is 398 g/mol. The van der Waals surface area contributed by atoms with Crippen molar-refractivity contribution in [3.8, 4) is 5.69 Å². The van der Waals surface area contributed by atoms with Gasteiger partial charge in [-0.15, -0.1) is 11.3 Å². The Bertz CT molecular complexity index is 1080. The van der Waals surface area contributed by atoms with Crippen LogP contribution < -0.4 is 5.32 Å². The van der Waals surface area contributed by atoms with Crippen LogP contribution in [0.4, 0.5) is 9.52 Å². The zero-order valence-electron chi connectivity index (χ0n) is 14.6. The van der Waals surface area contributed by atoms with Crippen LogP contribution in [0.2, 0.25) is 0 Å². The van der Waals surface area contributed by atoms with Crippen LogP contribution in [0.5, 0.6) is 0 Å². The normalized spacial score (nSPS) is 17.1.